The predicted octanol–water partition coefficient (Wildman–Crippen LogP) is 3.51. The second-order valence-electron chi connectivity index (χ2n) is 5.23. The highest BCUT2D eigenvalue weighted by Gasteiger charge is 2.05. The minimum atomic E-state index is -0.386. The van der Waals surface area contributed by atoms with E-state index in [0.29, 0.717) is 24.4 Å². The number of halogens is 1. The summed E-state index contributed by atoms with van der Waals surface area (Å²) >= 11 is 0. The molecular weight excluding hydrogens is 307 g/mol. The molecule has 2 aromatic carbocycles. The number of rotatable bonds is 6. The first-order valence-electron chi connectivity index (χ1n) is 7.54. The lowest BCUT2D eigenvalue weighted by Gasteiger charge is -2.10. The number of carbonyl (C=O) groups excluding carboxylic acids is 1. The number of aryl methyl sites for hydroxylation is 1. The standard InChI is InChI=1S/C19H19FN2O2/c1-3-12-24-17-8-5-15(6-9-17)10-11-21-19(23)22-18-13-16(20)7-4-14(18)2/h1,4-9,13H,10-12H2,2H3,(H2,21,22,23). The Kier molecular flexibility index (Phi) is 6.21. The summed E-state index contributed by atoms with van der Waals surface area (Å²) < 4.78 is 18.5. The SMILES string of the molecule is C#CCOc1ccc(CCNC(=O)Nc2cc(F)ccc2C)cc1. The van der Waals surface area contributed by atoms with E-state index in [-0.39, 0.29) is 18.5 Å². The molecule has 0 unspecified atom stereocenters. The van der Waals surface area contributed by atoms with E-state index in [9.17, 15) is 9.18 Å². The van der Waals surface area contributed by atoms with Crippen LogP contribution in [0.2, 0.25) is 0 Å². The van der Waals surface area contributed by atoms with Crippen molar-refractivity contribution in [3.63, 3.8) is 0 Å². The minimum absolute atomic E-state index is 0.237. The number of amides is 2. The van der Waals surface area contributed by atoms with Gasteiger partial charge >= 0.3 is 6.03 Å². The van der Waals surface area contributed by atoms with Crippen LogP contribution < -0.4 is 15.4 Å². The van der Waals surface area contributed by atoms with Crippen LogP contribution in [0, 0.1) is 25.1 Å². The van der Waals surface area contributed by atoms with Crippen molar-refractivity contribution in [3.05, 3.63) is 59.4 Å². The average Bonchev–Trinajstić information content (AvgIpc) is 2.57. The van der Waals surface area contributed by atoms with E-state index in [1.54, 1.807) is 13.0 Å². The van der Waals surface area contributed by atoms with E-state index in [4.69, 9.17) is 11.2 Å². The van der Waals surface area contributed by atoms with E-state index in [2.05, 4.69) is 16.6 Å². The van der Waals surface area contributed by atoms with Gasteiger partial charge in [0.1, 0.15) is 18.2 Å². The number of carbonyl (C=O) groups is 1. The normalized spacial score (nSPS) is 9.88. The summed E-state index contributed by atoms with van der Waals surface area (Å²) in [6, 6.07) is 11.4. The second kappa shape index (κ2) is 8.59. The number of urea groups is 1. The Balaban J connectivity index is 1.78. The maximum absolute atomic E-state index is 13.2. The number of nitrogens with one attached hydrogen (secondary N) is 2. The molecule has 5 heteroatoms. The van der Waals surface area contributed by atoms with Crippen LogP contribution in [0.3, 0.4) is 0 Å². The predicted molar refractivity (Wildman–Crippen MR) is 92.6 cm³/mol. The Hall–Kier alpha value is -3.00. The van der Waals surface area contributed by atoms with Gasteiger partial charge in [-0.2, -0.15) is 0 Å². The Morgan fingerprint density at radius 3 is 2.71 bits per heavy atom. The number of hydrogen-bond donors (Lipinski definition) is 2. The number of hydrogen-bond acceptors (Lipinski definition) is 2. The fourth-order valence-corrected chi connectivity index (χ4v) is 2.09. The molecule has 0 aliphatic heterocycles. The van der Waals surface area contributed by atoms with Crippen molar-refractivity contribution >= 4 is 11.7 Å². The number of ether oxygens (including phenoxy) is 1. The molecule has 0 saturated heterocycles. The third-order valence-electron chi connectivity index (χ3n) is 3.39. The second-order valence-corrected chi connectivity index (χ2v) is 5.23. The zero-order chi connectivity index (χ0) is 17.4. The monoisotopic (exact) mass is 326 g/mol. The molecule has 0 heterocycles. The Morgan fingerprint density at radius 1 is 1.25 bits per heavy atom. The molecule has 0 aromatic heterocycles. The molecule has 0 spiro atoms. The van der Waals surface area contributed by atoms with E-state index >= 15 is 0 Å². The maximum Gasteiger partial charge on any atom is 0.319 e. The largest absolute Gasteiger partial charge is 0.481 e. The zero-order valence-electron chi connectivity index (χ0n) is 13.4. The van der Waals surface area contributed by atoms with Gasteiger partial charge in [0.15, 0.2) is 0 Å². The van der Waals surface area contributed by atoms with Gasteiger partial charge in [-0.1, -0.05) is 24.1 Å². The van der Waals surface area contributed by atoms with Gasteiger partial charge in [-0.15, -0.1) is 6.42 Å². The van der Waals surface area contributed by atoms with Crippen LogP contribution in [-0.2, 0) is 6.42 Å². The van der Waals surface area contributed by atoms with Gasteiger partial charge in [0.05, 0.1) is 0 Å². The Morgan fingerprint density at radius 2 is 2.00 bits per heavy atom. The quantitative estimate of drug-likeness (QED) is 0.798. The van der Waals surface area contributed by atoms with Crippen LogP contribution in [-0.4, -0.2) is 19.2 Å². The summed E-state index contributed by atoms with van der Waals surface area (Å²) in [5, 5.41) is 5.39. The van der Waals surface area contributed by atoms with Crippen molar-refractivity contribution in [1.29, 1.82) is 0 Å². The van der Waals surface area contributed by atoms with Crippen molar-refractivity contribution in [2.75, 3.05) is 18.5 Å². The number of anilines is 1. The molecule has 0 bridgehead atoms. The van der Waals surface area contributed by atoms with E-state index in [0.717, 1.165) is 11.1 Å². The van der Waals surface area contributed by atoms with Gasteiger partial charge in [-0.05, 0) is 48.7 Å². The molecule has 124 valence electrons. The lowest BCUT2D eigenvalue weighted by atomic mass is 10.1. The highest BCUT2D eigenvalue weighted by molar-refractivity contribution is 5.90. The molecule has 0 fully saturated rings. The van der Waals surface area contributed by atoms with Crippen LogP contribution in [0.5, 0.6) is 5.75 Å². The Bertz CT molecular complexity index is 736. The summed E-state index contributed by atoms with van der Waals surface area (Å²) in [5.41, 5.74) is 2.32. The first kappa shape index (κ1) is 17.4. The van der Waals surface area contributed by atoms with Gasteiger partial charge in [0.2, 0.25) is 0 Å². The summed E-state index contributed by atoms with van der Waals surface area (Å²) in [6.45, 7) is 2.50. The highest BCUT2D eigenvalue weighted by Crippen LogP contribution is 2.15. The molecule has 0 atom stereocenters. The lowest BCUT2D eigenvalue weighted by molar-refractivity contribution is 0.252. The van der Waals surface area contributed by atoms with Crippen molar-refractivity contribution in [3.8, 4) is 18.1 Å². The first-order chi connectivity index (χ1) is 11.6. The van der Waals surface area contributed by atoms with Crippen LogP contribution in [0.1, 0.15) is 11.1 Å². The van der Waals surface area contributed by atoms with E-state index < -0.39 is 0 Å². The van der Waals surface area contributed by atoms with Gasteiger partial charge in [0, 0.05) is 12.2 Å². The van der Waals surface area contributed by atoms with E-state index in [1.807, 2.05) is 24.3 Å². The summed E-state index contributed by atoms with van der Waals surface area (Å²) in [7, 11) is 0. The van der Waals surface area contributed by atoms with Gasteiger partial charge < -0.3 is 15.4 Å². The third-order valence-corrected chi connectivity index (χ3v) is 3.39. The molecular formula is C19H19FN2O2. The smallest absolute Gasteiger partial charge is 0.319 e. The first-order valence-corrected chi connectivity index (χ1v) is 7.54. The molecule has 2 rings (SSSR count). The van der Waals surface area contributed by atoms with Crippen LogP contribution in [0.15, 0.2) is 42.5 Å². The average molecular weight is 326 g/mol. The van der Waals surface area contributed by atoms with Crippen LogP contribution in [0.4, 0.5) is 14.9 Å². The van der Waals surface area contributed by atoms with Gasteiger partial charge in [0.25, 0.3) is 0 Å². The number of terminal acetylenes is 1. The van der Waals surface area contributed by atoms with Crippen LogP contribution >= 0.6 is 0 Å². The topological polar surface area (TPSA) is 50.4 Å². The fourth-order valence-electron chi connectivity index (χ4n) is 2.09. The lowest BCUT2D eigenvalue weighted by Crippen LogP contribution is -2.30. The molecule has 4 nitrogen and oxygen atoms in total. The Labute approximate surface area is 141 Å². The molecule has 0 aliphatic rings. The molecule has 0 saturated carbocycles. The highest BCUT2D eigenvalue weighted by atomic mass is 19.1. The van der Waals surface area contributed by atoms with Gasteiger partial charge in [-0.3, -0.25) is 0 Å². The zero-order valence-corrected chi connectivity index (χ0v) is 13.4. The molecule has 2 amide bonds. The van der Waals surface area contributed by atoms with Crippen molar-refractivity contribution in [2.45, 2.75) is 13.3 Å². The molecule has 0 radical (unpaired) electrons. The van der Waals surface area contributed by atoms with E-state index in [1.165, 1.54) is 12.1 Å². The van der Waals surface area contributed by atoms with Crippen molar-refractivity contribution in [2.24, 2.45) is 0 Å². The number of benzene rings is 2. The molecule has 2 N–H and O–H groups in total. The third kappa shape index (κ3) is 5.33. The maximum atomic E-state index is 13.2. The summed E-state index contributed by atoms with van der Waals surface area (Å²) in [5.74, 6) is 2.73. The fraction of sp³-hybridized carbons (Fsp3) is 0.211. The summed E-state index contributed by atoms with van der Waals surface area (Å²) in [6.07, 6.45) is 5.80. The van der Waals surface area contributed by atoms with Gasteiger partial charge in [-0.25, -0.2) is 9.18 Å². The minimum Gasteiger partial charge on any atom is -0.481 e. The molecule has 0 aliphatic carbocycles. The van der Waals surface area contributed by atoms with Crippen molar-refractivity contribution < 1.29 is 13.9 Å². The molecule has 24 heavy (non-hydrogen) atoms. The van der Waals surface area contributed by atoms with Crippen LogP contribution in [0.25, 0.3) is 0 Å². The van der Waals surface area contributed by atoms with Crippen molar-refractivity contribution in [1.82, 2.24) is 5.32 Å². The molecule has 2 aromatic rings. The summed E-state index contributed by atoms with van der Waals surface area (Å²) in [4.78, 5) is 11.9.